The van der Waals surface area contributed by atoms with Crippen LogP contribution in [-0.4, -0.2) is 4.98 Å². The Morgan fingerprint density at radius 1 is 0.971 bits per heavy atom. The molecular formula is C28H19ClN2O3S. The molecule has 0 spiro atoms. The number of allylic oxidation sites excluding steroid dienone is 4. The SMILES string of the molecule is O=c1oc2ccc3ccccc3c2cc1-c1csc(NC2=CC=C(Oc3ccc(Cl)cc3)CC2)n1. The molecule has 2 heterocycles. The standard InChI is InChI=1S/C28H19ClN2O3S/c29-18-6-10-20(11-7-18)33-21-12-8-19(9-13-21)30-28-31-25(16-35-28)24-15-23-22-4-2-1-3-17(22)5-14-26(23)34-27(24)32/h1-8,10-12,14-16H,9,13H2,(H,30,31). The molecule has 3 aromatic carbocycles. The van der Waals surface area contributed by atoms with Crippen molar-refractivity contribution in [3.63, 3.8) is 0 Å². The lowest BCUT2D eigenvalue weighted by molar-refractivity contribution is 0.401. The Balaban J connectivity index is 1.23. The van der Waals surface area contributed by atoms with Gasteiger partial charge in [0.15, 0.2) is 5.13 Å². The topological polar surface area (TPSA) is 64.4 Å². The summed E-state index contributed by atoms with van der Waals surface area (Å²) in [6, 6.07) is 21.0. The van der Waals surface area contributed by atoms with Gasteiger partial charge in [-0.15, -0.1) is 11.3 Å². The number of hydrogen-bond donors (Lipinski definition) is 1. The van der Waals surface area contributed by atoms with Crippen LogP contribution in [0.3, 0.4) is 0 Å². The first kappa shape index (κ1) is 21.6. The van der Waals surface area contributed by atoms with E-state index in [9.17, 15) is 4.79 Å². The Kier molecular flexibility index (Phi) is 5.60. The van der Waals surface area contributed by atoms with Crippen LogP contribution in [0.2, 0.25) is 5.02 Å². The van der Waals surface area contributed by atoms with Gasteiger partial charge in [0.25, 0.3) is 0 Å². The molecule has 0 unspecified atom stereocenters. The fourth-order valence-corrected chi connectivity index (χ4v) is 4.97. The third kappa shape index (κ3) is 4.46. The maximum Gasteiger partial charge on any atom is 0.345 e. The van der Waals surface area contributed by atoms with E-state index in [-0.39, 0.29) is 0 Å². The Labute approximate surface area is 210 Å². The molecule has 172 valence electrons. The number of thiazole rings is 1. The second kappa shape index (κ2) is 9.06. The molecule has 0 amide bonds. The lowest BCUT2D eigenvalue weighted by atomic mass is 10.0. The van der Waals surface area contributed by atoms with E-state index in [2.05, 4.69) is 10.3 Å². The molecule has 0 atom stereocenters. The van der Waals surface area contributed by atoms with Crippen molar-refractivity contribution in [3.05, 3.63) is 111 Å². The summed E-state index contributed by atoms with van der Waals surface area (Å²) < 4.78 is 11.6. The lowest BCUT2D eigenvalue weighted by Gasteiger charge is -2.16. The molecule has 6 rings (SSSR count). The Morgan fingerprint density at radius 3 is 2.66 bits per heavy atom. The van der Waals surface area contributed by atoms with Crippen molar-refractivity contribution in [2.24, 2.45) is 0 Å². The van der Waals surface area contributed by atoms with Gasteiger partial charge in [-0.25, -0.2) is 9.78 Å². The number of nitrogens with zero attached hydrogens (tertiary/aromatic N) is 1. The van der Waals surface area contributed by atoms with E-state index in [0.29, 0.717) is 21.9 Å². The summed E-state index contributed by atoms with van der Waals surface area (Å²) in [5.74, 6) is 1.65. The zero-order chi connectivity index (χ0) is 23.8. The van der Waals surface area contributed by atoms with Gasteiger partial charge in [-0.2, -0.15) is 0 Å². The average Bonchev–Trinajstić information content (AvgIpc) is 3.34. The molecule has 0 fully saturated rings. The third-order valence-electron chi connectivity index (χ3n) is 5.86. The highest BCUT2D eigenvalue weighted by atomic mass is 35.5. The van der Waals surface area contributed by atoms with Gasteiger partial charge in [0.2, 0.25) is 0 Å². The molecule has 0 saturated heterocycles. The molecule has 0 radical (unpaired) electrons. The van der Waals surface area contributed by atoms with Crippen LogP contribution in [0.5, 0.6) is 5.75 Å². The van der Waals surface area contributed by atoms with Crippen LogP contribution in [0.4, 0.5) is 5.13 Å². The summed E-state index contributed by atoms with van der Waals surface area (Å²) in [5.41, 5.74) is 2.26. The zero-order valence-electron chi connectivity index (χ0n) is 18.5. The van der Waals surface area contributed by atoms with E-state index in [1.165, 1.54) is 11.3 Å². The number of halogens is 1. The van der Waals surface area contributed by atoms with Crippen LogP contribution in [0.1, 0.15) is 12.8 Å². The molecule has 35 heavy (non-hydrogen) atoms. The number of anilines is 1. The highest BCUT2D eigenvalue weighted by Crippen LogP contribution is 2.31. The molecule has 0 saturated carbocycles. The van der Waals surface area contributed by atoms with Crippen LogP contribution in [0.15, 0.2) is 105 Å². The van der Waals surface area contributed by atoms with E-state index in [0.717, 1.165) is 51.3 Å². The molecule has 1 aliphatic rings. The highest BCUT2D eigenvalue weighted by molar-refractivity contribution is 7.14. The van der Waals surface area contributed by atoms with Gasteiger partial charge in [0.05, 0.1) is 11.3 Å². The van der Waals surface area contributed by atoms with E-state index >= 15 is 0 Å². The molecule has 5 nitrogen and oxygen atoms in total. The van der Waals surface area contributed by atoms with Crippen molar-refractivity contribution in [3.8, 4) is 17.0 Å². The predicted molar refractivity (Wildman–Crippen MR) is 142 cm³/mol. The third-order valence-corrected chi connectivity index (χ3v) is 6.87. The van der Waals surface area contributed by atoms with E-state index in [4.69, 9.17) is 20.8 Å². The summed E-state index contributed by atoms with van der Waals surface area (Å²) in [7, 11) is 0. The maximum atomic E-state index is 12.7. The fraction of sp³-hybridized carbons (Fsp3) is 0.0714. The molecule has 0 aliphatic heterocycles. The molecule has 1 aliphatic carbocycles. The molecular weight excluding hydrogens is 480 g/mol. The minimum atomic E-state index is -0.395. The Morgan fingerprint density at radius 2 is 1.83 bits per heavy atom. The van der Waals surface area contributed by atoms with Gasteiger partial charge in [-0.3, -0.25) is 0 Å². The maximum absolute atomic E-state index is 12.7. The van der Waals surface area contributed by atoms with Crippen LogP contribution in [0.25, 0.3) is 33.0 Å². The van der Waals surface area contributed by atoms with Crippen molar-refractivity contribution >= 4 is 49.8 Å². The van der Waals surface area contributed by atoms with E-state index < -0.39 is 5.63 Å². The molecule has 5 aromatic rings. The zero-order valence-corrected chi connectivity index (χ0v) is 20.0. The Hall–Kier alpha value is -3.87. The number of aromatic nitrogens is 1. The predicted octanol–water partition coefficient (Wildman–Crippen LogP) is 7.78. The Bertz CT molecular complexity index is 1680. The van der Waals surface area contributed by atoms with Crippen molar-refractivity contribution < 1.29 is 9.15 Å². The number of fused-ring (bicyclic) bond motifs is 3. The number of hydrogen-bond acceptors (Lipinski definition) is 6. The number of rotatable bonds is 5. The summed E-state index contributed by atoms with van der Waals surface area (Å²) in [6.07, 6.45) is 5.50. The average molecular weight is 499 g/mol. The number of ether oxygens (including phenoxy) is 1. The van der Waals surface area contributed by atoms with E-state index in [1.54, 1.807) is 0 Å². The van der Waals surface area contributed by atoms with E-state index in [1.807, 2.05) is 84.3 Å². The first-order chi connectivity index (χ1) is 17.1. The second-order valence-corrected chi connectivity index (χ2v) is 9.48. The molecule has 0 bridgehead atoms. The molecule has 7 heteroatoms. The van der Waals surface area contributed by atoms with Crippen LogP contribution >= 0.6 is 22.9 Å². The van der Waals surface area contributed by atoms with Gasteiger partial charge in [0, 0.05) is 27.9 Å². The largest absolute Gasteiger partial charge is 0.462 e. The van der Waals surface area contributed by atoms with Gasteiger partial charge < -0.3 is 14.5 Å². The van der Waals surface area contributed by atoms with Crippen molar-refractivity contribution in [2.75, 3.05) is 5.32 Å². The van der Waals surface area contributed by atoms with Gasteiger partial charge in [-0.1, -0.05) is 41.9 Å². The first-order valence-electron chi connectivity index (χ1n) is 11.1. The highest BCUT2D eigenvalue weighted by Gasteiger charge is 2.15. The number of nitrogens with one attached hydrogen (secondary N) is 1. The summed E-state index contributed by atoms with van der Waals surface area (Å²) in [4.78, 5) is 17.4. The minimum Gasteiger partial charge on any atom is -0.462 e. The van der Waals surface area contributed by atoms with Crippen LogP contribution in [0, 0.1) is 0 Å². The van der Waals surface area contributed by atoms with Crippen molar-refractivity contribution in [2.45, 2.75) is 12.8 Å². The molecule has 1 N–H and O–H groups in total. The smallest absolute Gasteiger partial charge is 0.345 e. The van der Waals surface area contributed by atoms with Gasteiger partial charge in [0.1, 0.15) is 17.1 Å². The minimum absolute atomic E-state index is 0.395. The van der Waals surface area contributed by atoms with Crippen molar-refractivity contribution in [1.29, 1.82) is 0 Å². The monoisotopic (exact) mass is 498 g/mol. The second-order valence-electron chi connectivity index (χ2n) is 8.19. The molecule has 2 aromatic heterocycles. The number of benzene rings is 3. The summed E-state index contributed by atoms with van der Waals surface area (Å²) in [6.45, 7) is 0. The first-order valence-corrected chi connectivity index (χ1v) is 12.4. The fourth-order valence-electron chi connectivity index (χ4n) is 4.10. The normalized spacial score (nSPS) is 13.5. The summed E-state index contributed by atoms with van der Waals surface area (Å²) >= 11 is 7.39. The van der Waals surface area contributed by atoms with Crippen LogP contribution in [-0.2, 0) is 0 Å². The quantitative estimate of drug-likeness (QED) is 0.198. The summed E-state index contributed by atoms with van der Waals surface area (Å²) in [5, 5.41) is 9.68. The van der Waals surface area contributed by atoms with Gasteiger partial charge >= 0.3 is 5.63 Å². The van der Waals surface area contributed by atoms with Crippen molar-refractivity contribution in [1.82, 2.24) is 4.98 Å². The van der Waals surface area contributed by atoms with Gasteiger partial charge in [-0.05, 0) is 65.7 Å². The lowest BCUT2D eigenvalue weighted by Crippen LogP contribution is -2.06. The van der Waals surface area contributed by atoms with Crippen LogP contribution < -0.4 is 15.7 Å².